The van der Waals surface area contributed by atoms with Gasteiger partial charge in [0.25, 0.3) is 0 Å². The third-order valence-electron chi connectivity index (χ3n) is 13.3. The normalized spacial score (nSPS) is 55.9. The molecular formula is C30H50O. The van der Waals surface area contributed by atoms with Gasteiger partial charge in [0.1, 0.15) is 5.78 Å². The molecule has 0 aromatic carbocycles. The molecule has 31 heavy (non-hydrogen) atoms. The van der Waals surface area contributed by atoms with E-state index in [0.29, 0.717) is 51.1 Å². The molecule has 0 N–H and O–H groups in total. The highest BCUT2D eigenvalue weighted by Gasteiger charge is 2.71. The van der Waals surface area contributed by atoms with E-state index in [1.165, 1.54) is 57.8 Å². The Hall–Kier alpha value is -0.330. The highest BCUT2D eigenvalue weighted by molar-refractivity contribution is 5.84. The number of carbonyl (C=O) groups excluding carboxylic acids is 1. The van der Waals surface area contributed by atoms with Crippen molar-refractivity contribution in [3.8, 4) is 0 Å². The van der Waals surface area contributed by atoms with Crippen molar-refractivity contribution in [2.45, 2.75) is 120 Å². The van der Waals surface area contributed by atoms with Gasteiger partial charge in [0.2, 0.25) is 0 Å². The lowest BCUT2D eigenvalue weighted by molar-refractivity contribution is -0.229. The first-order valence-electron chi connectivity index (χ1n) is 13.8. The molecule has 5 aliphatic rings. The molecule has 0 unspecified atom stereocenters. The Bertz CT molecular complexity index is 764. The van der Waals surface area contributed by atoms with Crippen molar-refractivity contribution in [3.05, 3.63) is 0 Å². The summed E-state index contributed by atoms with van der Waals surface area (Å²) in [5.41, 5.74) is 1.73. The van der Waals surface area contributed by atoms with Gasteiger partial charge in [0.05, 0.1) is 0 Å². The van der Waals surface area contributed by atoms with E-state index >= 15 is 0 Å². The van der Waals surface area contributed by atoms with Gasteiger partial charge >= 0.3 is 0 Å². The summed E-state index contributed by atoms with van der Waals surface area (Å²) in [6.07, 6.45) is 13.1. The van der Waals surface area contributed by atoms with Crippen LogP contribution in [-0.2, 0) is 4.79 Å². The predicted octanol–water partition coefficient (Wildman–Crippen LogP) is 8.31. The molecule has 0 aromatic rings. The lowest BCUT2D eigenvalue weighted by Crippen LogP contribution is -2.67. The minimum Gasteiger partial charge on any atom is -0.299 e. The number of hydrogen-bond acceptors (Lipinski definition) is 1. The number of carbonyl (C=O) groups is 1. The second-order valence-electron chi connectivity index (χ2n) is 15.1. The molecule has 0 amide bonds. The predicted molar refractivity (Wildman–Crippen MR) is 130 cm³/mol. The minimum atomic E-state index is 0.199. The summed E-state index contributed by atoms with van der Waals surface area (Å²) in [6.45, 7) is 20.4. The van der Waals surface area contributed by atoms with E-state index in [9.17, 15) is 4.79 Å². The van der Waals surface area contributed by atoms with Gasteiger partial charge in [0.15, 0.2) is 0 Å². The van der Waals surface area contributed by atoms with Crippen molar-refractivity contribution in [2.24, 2.45) is 62.6 Å². The maximum atomic E-state index is 14.3. The summed E-state index contributed by atoms with van der Waals surface area (Å²) in [7, 11) is 0. The average molecular weight is 427 g/mol. The SMILES string of the molecule is CC(C)[C@@H]1CC[C@]2(C)CC[C@]3(C)[C@H](C(=O)C[C@@H]4[C@@]5(C)CCCC(C)(C)[C@@H]5CC[C@]43C)[C@@H]12. The van der Waals surface area contributed by atoms with E-state index < -0.39 is 0 Å². The average Bonchev–Trinajstić information content (AvgIpc) is 3.01. The van der Waals surface area contributed by atoms with Gasteiger partial charge in [-0.05, 0) is 108 Å². The third kappa shape index (κ3) is 2.70. The van der Waals surface area contributed by atoms with Crippen LogP contribution in [0.2, 0.25) is 0 Å². The summed E-state index contributed by atoms with van der Waals surface area (Å²) < 4.78 is 0. The van der Waals surface area contributed by atoms with Crippen LogP contribution in [0, 0.1) is 62.6 Å². The monoisotopic (exact) mass is 426 g/mol. The topological polar surface area (TPSA) is 17.1 Å². The lowest BCUT2D eigenvalue weighted by atomic mass is 9.32. The largest absolute Gasteiger partial charge is 0.299 e. The molecule has 5 aliphatic carbocycles. The first kappa shape index (κ1) is 22.5. The zero-order chi connectivity index (χ0) is 22.6. The maximum Gasteiger partial charge on any atom is 0.137 e. The number of Topliss-reactive ketones (excluding diaryl/α,β-unsaturated/α-hetero) is 1. The van der Waals surface area contributed by atoms with Crippen molar-refractivity contribution < 1.29 is 4.79 Å². The summed E-state index contributed by atoms with van der Waals surface area (Å²) >= 11 is 0. The molecule has 0 spiro atoms. The van der Waals surface area contributed by atoms with Crippen molar-refractivity contribution in [2.75, 3.05) is 0 Å². The van der Waals surface area contributed by atoms with Crippen molar-refractivity contribution in [1.82, 2.24) is 0 Å². The lowest BCUT2D eigenvalue weighted by Gasteiger charge is -2.72. The maximum absolute atomic E-state index is 14.3. The van der Waals surface area contributed by atoms with E-state index in [4.69, 9.17) is 0 Å². The number of rotatable bonds is 1. The molecule has 0 heterocycles. The summed E-state index contributed by atoms with van der Waals surface area (Å²) in [5, 5.41) is 0. The minimum absolute atomic E-state index is 0.199. The Labute approximate surface area is 192 Å². The van der Waals surface area contributed by atoms with Crippen molar-refractivity contribution in [1.29, 1.82) is 0 Å². The summed E-state index contributed by atoms with van der Waals surface area (Å²) in [4.78, 5) is 14.3. The van der Waals surface area contributed by atoms with Gasteiger partial charge in [-0.25, -0.2) is 0 Å². The molecule has 0 aromatic heterocycles. The molecule has 0 radical (unpaired) electrons. The standard InChI is InChI=1S/C30H50O/c1-19(2)20-10-14-27(5)16-17-30(8)25(24(20)27)21(31)18-23-28(6)13-9-12-26(3,4)22(28)11-15-29(23,30)7/h19-20,22-25H,9-18H2,1-8H3/t20-,22-,23+,24+,25+,27+,28-,29+,30+/m0/s1. The second kappa shape index (κ2) is 6.63. The highest BCUT2D eigenvalue weighted by atomic mass is 16.1. The van der Waals surface area contributed by atoms with Crippen LogP contribution in [0.1, 0.15) is 120 Å². The van der Waals surface area contributed by atoms with E-state index in [2.05, 4.69) is 55.4 Å². The summed E-state index contributed by atoms with van der Waals surface area (Å²) in [5.74, 6) is 4.47. The Morgan fingerprint density at radius 3 is 2.16 bits per heavy atom. The van der Waals surface area contributed by atoms with E-state index in [1.54, 1.807) is 0 Å². The molecule has 0 aliphatic heterocycles. The van der Waals surface area contributed by atoms with Crippen molar-refractivity contribution in [3.63, 3.8) is 0 Å². The third-order valence-corrected chi connectivity index (χ3v) is 13.3. The van der Waals surface area contributed by atoms with E-state index in [-0.39, 0.29) is 5.41 Å². The van der Waals surface area contributed by atoms with Crippen LogP contribution >= 0.6 is 0 Å². The first-order chi connectivity index (χ1) is 14.3. The van der Waals surface area contributed by atoms with Gasteiger partial charge in [-0.15, -0.1) is 0 Å². The molecule has 176 valence electrons. The zero-order valence-electron chi connectivity index (χ0n) is 21.9. The van der Waals surface area contributed by atoms with Crippen LogP contribution in [0.25, 0.3) is 0 Å². The molecule has 5 saturated carbocycles. The van der Waals surface area contributed by atoms with Gasteiger partial charge in [-0.1, -0.05) is 61.8 Å². The summed E-state index contributed by atoms with van der Waals surface area (Å²) in [6, 6.07) is 0. The van der Waals surface area contributed by atoms with Crippen LogP contribution in [0.15, 0.2) is 0 Å². The van der Waals surface area contributed by atoms with Crippen LogP contribution in [0.5, 0.6) is 0 Å². The zero-order valence-corrected chi connectivity index (χ0v) is 21.9. The fraction of sp³-hybridized carbons (Fsp3) is 0.967. The van der Waals surface area contributed by atoms with E-state index in [1.807, 2.05) is 0 Å². The van der Waals surface area contributed by atoms with Crippen LogP contribution in [0.3, 0.4) is 0 Å². The Kier molecular flexibility index (Phi) is 4.80. The fourth-order valence-electron chi connectivity index (χ4n) is 11.5. The number of ketones is 1. The smallest absolute Gasteiger partial charge is 0.137 e. The number of hydrogen-bond donors (Lipinski definition) is 0. The van der Waals surface area contributed by atoms with Crippen LogP contribution in [0.4, 0.5) is 0 Å². The van der Waals surface area contributed by atoms with E-state index in [0.717, 1.165) is 18.3 Å². The van der Waals surface area contributed by atoms with Gasteiger partial charge < -0.3 is 0 Å². The molecule has 5 rings (SSSR count). The molecule has 0 bridgehead atoms. The Balaban J connectivity index is 1.59. The molecule has 9 atom stereocenters. The van der Waals surface area contributed by atoms with Crippen LogP contribution in [-0.4, -0.2) is 5.78 Å². The molecule has 1 heteroatoms. The fourth-order valence-corrected chi connectivity index (χ4v) is 11.5. The van der Waals surface area contributed by atoms with Gasteiger partial charge in [-0.3, -0.25) is 4.79 Å². The first-order valence-corrected chi connectivity index (χ1v) is 13.8. The second-order valence-corrected chi connectivity index (χ2v) is 15.1. The molecular weight excluding hydrogens is 376 g/mol. The molecule has 1 nitrogen and oxygen atoms in total. The Morgan fingerprint density at radius 2 is 1.48 bits per heavy atom. The van der Waals surface area contributed by atoms with Gasteiger partial charge in [0, 0.05) is 12.3 Å². The highest BCUT2D eigenvalue weighted by Crippen LogP contribution is 2.76. The quantitative estimate of drug-likeness (QED) is 0.412. The Morgan fingerprint density at radius 1 is 0.774 bits per heavy atom. The van der Waals surface area contributed by atoms with Crippen molar-refractivity contribution >= 4 is 5.78 Å². The molecule has 5 fully saturated rings. The van der Waals surface area contributed by atoms with Gasteiger partial charge in [-0.2, -0.15) is 0 Å². The number of fused-ring (bicyclic) bond motifs is 7. The van der Waals surface area contributed by atoms with Crippen LogP contribution < -0.4 is 0 Å². The molecule has 0 saturated heterocycles.